The van der Waals surface area contributed by atoms with E-state index in [-0.39, 0.29) is 0 Å². The zero-order chi connectivity index (χ0) is 11.9. The molecule has 2 nitrogen and oxygen atoms in total. The van der Waals surface area contributed by atoms with Crippen LogP contribution in [-0.4, -0.2) is 31.1 Å². The van der Waals surface area contributed by atoms with Gasteiger partial charge in [-0.15, -0.1) is 0 Å². The largest absolute Gasteiger partial charge is 0.330 e. The molecule has 2 heteroatoms. The van der Waals surface area contributed by atoms with E-state index >= 15 is 0 Å². The fourth-order valence-electron chi connectivity index (χ4n) is 2.00. The van der Waals surface area contributed by atoms with Crippen LogP contribution >= 0.6 is 0 Å². The standard InChI is InChI=1S/C13H30N2/c1-6-12(7-2)15(5)10-8-9-13(3,4)11-14/h12H,6-11,14H2,1-5H3. The third kappa shape index (κ3) is 6.16. The van der Waals surface area contributed by atoms with Crippen molar-refractivity contribution < 1.29 is 0 Å². The molecule has 0 rings (SSSR count). The number of nitrogens with zero attached hydrogens (tertiary/aromatic N) is 1. The Kier molecular flexibility index (Phi) is 7.20. The molecule has 0 bridgehead atoms. The van der Waals surface area contributed by atoms with E-state index in [0.29, 0.717) is 5.41 Å². The SMILES string of the molecule is CCC(CC)N(C)CCCC(C)(C)CN. The fraction of sp³-hybridized carbons (Fsp3) is 1.00. The van der Waals surface area contributed by atoms with Gasteiger partial charge in [0.25, 0.3) is 0 Å². The van der Waals surface area contributed by atoms with Crippen molar-refractivity contribution in [1.29, 1.82) is 0 Å². The second kappa shape index (κ2) is 7.24. The fourth-order valence-corrected chi connectivity index (χ4v) is 2.00. The second-order valence-electron chi connectivity index (χ2n) is 5.42. The molecule has 0 aromatic rings. The van der Waals surface area contributed by atoms with Gasteiger partial charge >= 0.3 is 0 Å². The predicted octanol–water partition coefficient (Wildman–Crippen LogP) is 2.87. The molecule has 0 spiro atoms. The van der Waals surface area contributed by atoms with Crippen molar-refractivity contribution in [2.24, 2.45) is 11.1 Å². The van der Waals surface area contributed by atoms with E-state index in [0.717, 1.165) is 12.6 Å². The molecule has 0 aromatic heterocycles. The first kappa shape index (κ1) is 14.9. The normalized spacial score (nSPS) is 12.8. The van der Waals surface area contributed by atoms with Gasteiger partial charge in [0.05, 0.1) is 0 Å². The van der Waals surface area contributed by atoms with E-state index in [2.05, 4.69) is 39.6 Å². The highest BCUT2D eigenvalue weighted by molar-refractivity contribution is 4.71. The highest BCUT2D eigenvalue weighted by Crippen LogP contribution is 2.20. The molecule has 0 aliphatic carbocycles. The molecule has 92 valence electrons. The molecule has 15 heavy (non-hydrogen) atoms. The summed E-state index contributed by atoms with van der Waals surface area (Å²) in [6.07, 6.45) is 5.01. The van der Waals surface area contributed by atoms with Crippen LogP contribution in [0.15, 0.2) is 0 Å². The van der Waals surface area contributed by atoms with Gasteiger partial charge in [-0.2, -0.15) is 0 Å². The summed E-state index contributed by atoms with van der Waals surface area (Å²) in [7, 11) is 2.24. The minimum atomic E-state index is 0.314. The first-order chi connectivity index (χ1) is 6.96. The summed E-state index contributed by atoms with van der Waals surface area (Å²) in [5.74, 6) is 0. The number of hydrogen-bond acceptors (Lipinski definition) is 2. The van der Waals surface area contributed by atoms with E-state index in [1.54, 1.807) is 0 Å². The van der Waals surface area contributed by atoms with Gasteiger partial charge in [-0.05, 0) is 51.2 Å². The zero-order valence-electron chi connectivity index (χ0n) is 11.3. The molecule has 0 fully saturated rings. The van der Waals surface area contributed by atoms with E-state index in [4.69, 9.17) is 5.73 Å². The molecule has 0 amide bonds. The quantitative estimate of drug-likeness (QED) is 0.673. The van der Waals surface area contributed by atoms with E-state index < -0.39 is 0 Å². The van der Waals surface area contributed by atoms with Crippen LogP contribution in [0.2, 0.25) is 0 Å². The van der Waals surface area contributed by atoms with Crippen LogP contribution in [0.5, 0.6) is 0 Å². The van der Waals surface area contributed by atoms with Crippen molar-refractivity contribution >= 4 is 0 Å². The highest BCUT2D eigenvalue weighted by Gasteiger charge is 2.16. The third-order valence-electron chi connectivity index (χ3n) is 3.48. The van der Waals surface area contributed by atoms with Gasteiger partial charge in [0.15, 0.2) is 0 Å². The second-order valence-corrected chi connectivity index (χ2v) is 5.42. The molecule has 0 radical (unpaired) electrons. The molecule has 0 heterocycles. The predicted molar refractivity (Wildman–Crippen MR) is 69.1 cm³/mol. The molecule has 0 atom stereocenters. The summed E-state index contributed by atoms with van der Waals surface area (Å²) >= 11 is 0. The Morgan fingerprint density at radius 2 is 1.73 bits per heavy atom. The molecule has 0 aliphatic heterocycles. The molecule has 2 N–H and O–H groups in total. The monoisotopic (exact) mass is 214 g/mol. The van der Waals surface area contributed by atoms with Gasteiger partial charge < -0.3 is 10.6 Å². The van der Waals surface area contributed by atoms with Crippen molar-refractivity contribution in [3.8, 4) is 0 Å². The van der Waals surface area contributed by atoms with Crippen molar-refractivity contribution in [2.45, 2.75) is 59.4 Å². The van der Waals surface area contributed by atoms with Crippen molar-refractivity contribution in [1.82, 2.24) is 4.90 Å². The van der Waals surface area contributed by atoms with Gasteiger partial charge in [0, 0.05) is 6.04 Å². The van der Waals surface area contributed by atoms with E-state index in [1.807, 2.05) is 0 Å². The Balaban J connectivity index is 3.76. The first-order valence-corrected chi connectivity index (χ1v) is 6.37. The van der Waals surface area contributed by atoms with Gasteiger partial charge in [-0.3, -0.25) is 0 Å². The van der Waals surface area contributed by atoms with Crippen LogP contribution in [0.4, 0.5) is 0 Å². The topological polar surface area (TPSA) is 29.3 Å². The minimum Gasteiger partial charge on any atom is -0.330 e. The van der Waals surface area contributed by atoms with Crippen LogP contribution in [0, 0.1) is 5.41 Å². The van der Waals surface area contributed by atoms with E-state index in [9.17, 15) is 0 Å². The third-order valence-corrected chi connectivity index (χ3v) is 3.48. The molecular formula is C13H30N2. The number of hydrogen-bond donors (Lipinski definition) is 1. The lowest BCUT2D eigenvalue weighted by Crippen LogP contribution is -2.32. The van der Waals surface area contributed by atoms with Gasteiger partial charge in [0.2, 0.25) is 0 Å². The van der Waals surface area contributed by atoms with Gasteiger partial charge in [-0.25, -0.2) is 0 Å². The maximum atomic E-state index is 5.72. The zero-order valence-corrected chi connectivity index (χ0v) is 11.3. The average Bonchev–Trinajstić information content (AvgIpc) is 2.19. The van der Waals surface area contributed by atoms with Crippen LogP contribution < -0.4 is 5.73 Å². The van der Waals surface area contributed by atoms with Crippen molar-refractivity contribution in [3.05, 3.63) is 0 Å². The lowest BCUT2D eigenvalue weighted by atomic mass is 9.88. The molecule has 0 saturated heterocycles. The Bertz CT molecular complexity index is 151. The number of rotatable bonds is 8. The molecule has 0 aromatic carbocycles. The Labute approximate surface area is 96.2 Å². The summed E-state index contributed by atoms with van der Waals surface area (Å²) < 4.78 is 0. The lowest BCUT2D eigenvalue weighted by molar-refractivity contribution is 0.211. The summed E-state index contributed by atoms with van der Waals surface area (Å²) in [4.78, 5) is 2.49. The van der Waals surface area contributed by atoms with Crippen molar-refractivity contribution in [3.63, 3.8) is 0 Å². The first-order valence-electron chi connectivity index (χ1n) is 6.37. The van der Waals surface area contributed by atoms with Gasteiger partial charge in [0.1, 0.15) is 0 Å². The number of nitrogens with two attached hydrogens (primary N) is 1. The van der Waals surface area contributed by atoms with E-state index in [1.165, 1.54) is 32.2 Å². The summed E-state index contributed by atoms with van der Waals surface area (Å²) in [6, 6.07) is 0.756. The molecule has 0 aliphatic rings. The highest BCUT2D eigenvalue weighted by atomic mass is 15.1. The van der Waals surface area contributed by atoms with Crippen LogP contribution in [0.25, 0.3) is 0 Å². The minimum absolute atomic E-state index is 0.314. The smallest absolute Gasteiger partial charge is 0.00869 e. The maximum Gasteiger partial charge on any atom is 0.00869 e. The Hall–Kier alpha value is -0.0800. The summed E-state index contributed by atoms with van der Waals surface area (Å²) in [5, 5.41) is 0. The molecular weight excluding hydrogens is 184 g/mol. The van der Waals surface area contributed by atoms with Crippen LogP contribution in [-0.2, 0) is 0 Å². The molecule has 0 unspecified atom stereocenters. The maximum absolute atomic E-state index is 5.72. The van der Waals surface area contributed by atoms with Crippen LogP contribution in [0.3, 0.4) is 0 Å². The lowest BCUT2D eigenvalue weighted by Gasteiger charge is -2.28. The molecule has 0 saturated carbocycles. The Morgan fingerprint density at radius 3 is 2.13 bits per heavy atom. The van der Waals surface area contributed by atoms with Crippen LogP contribution in [0.1, 0.15) is 53.4 Å². The summed E-state index contributed by atoms with van der Waals surface area (Å²) in [6.45, 7) is 11.1. The average molecular weight is 214 g/mol. The van der Waals surface area contributed by atoms with Crippen molar-refractivity contribution in [2.75, 3.05) is 20.1 Å². The summed E-state index contributed by atoms with van der Waals surface area (Å²) in [5.41, 5.74) is 6.04. The van der Waals surface area contributed by atoms with Gasteiger partial charge in [-0.1, -0.05) is 27.7 Å². The Morgan fingerprint density at radius 1 is 1.20 bits per heavy atom.